The van der Waals surface area contributed by atoms with E-state index in [-0.39, 0.29) is 24.7 Å². The second-order valence-electron chi connectivity index (χ2n) is 11.3. The van der Waals surface area contributed by atoms with E-state index < -0.39 is 54.3 Å². The Bertz CT molecular complexity index is 1140. The van der Waals surface area contributed by atoms with Crippen LogP contribution in [0.5, 0.6) is 0 Å². The molecule has 0 aromatic carbocycles. The van der Waals surface area contributed by atoms with E-state index >= 15 is 8.78 Å². The molecule has 4 heterocycles. The highest BCUT2D eigenvalue weighted by molar-refractivity contribution is 5.92. The van der Waals surface area contributed by atoms with Crippen LogP contribution in [0.1, 0.15) is 56.9 Å². The average Bonchev–Trinajstić information content (AvgIpc) is 3.61. The number of hydrogen-bond acceptors (Lipinski definition) is 6. The minimum Gasteiger partial charge on any atom is -0.372 e. The lowest BCUT2D eigenvalue weighted by molar-refractivity contribution is -0.194. The number of aryl methyl sites for hydroxylation is 1. The van der Waals surface area contributed by atoms with Crippen molar-refractivity contribution in [3.8, 4) is 6.07 Å². The molecule has 11 heteroatoms. The van der Waals surface area contributed by atoms with Crippen LogP contribution in [0.4, 0.5) is 14.5 Å². The van der Waals surface area contributed by atoms with Gasteiger partial charge in [-0.15, -0.1) is 0 Å². The number of carbonyl (C=O) groups is 3. The Hall–Kier alpha value is -3.29. The highest BCUT2D eigenvalue weighted by Crippen LogP contribution is 2.49. The molecule has 38 heavy (non-hydrogen) atoms. The summed E-state index contributed by atoms with van der Waals surface area (Å²) in [5.41, 5.74) is 1.58. The van der Waals surface area contributed by atoms with Gasteiger partial charge in [-0.1, -0.05) is 12.8 Å². The van der Waals surface area contributed by atoms with Crippen LogP contribution < -0.4 is 16.0 Å². The summed E-state index contributed by atoms with van der Waals surface area (Å²) in [6.45, 7) is 2.39. The molecule has 5 aliphatic rings. The lowest BCUT2D eigenvalue weighted by Gasteiger charge is -2.54. The number of nitrogens with zero attached hydrogens (tertiary/aromatic N) is 3. The highest BCUT2D eigenvalue weighted by Gasteiger charge is 2.61. The van der Waals surface area contributed by atoms with E-state index in [1.165, 1.54) is 4.90 Å². The summed E-state index contributed by atoms with van der Waals surface area (Å²) < 4.78 is 30.2. The number of halogens is 2. The minimum absolute atomic E-state index is 0.103. The summed E-state index contributed by atoms with van der Waals surface area (Å²) in [7, 11) is 0. The van der Waals surface area contributed by atoms with Crippen molar-refractivity contribution in [2.45, 2.75) is 88.4 Å². The van der Waals surface area contributed by atoms with Gasteiger partial charge in [0.1, 0.15) is 18.1 Å². The van der Waals surface area contributed by atoms with Crippen molar-refractivity contribution < 1.29 is 23.2 Å². The summed E-state index contributed by atoms with van der Waals surface area (Å²) in [5.74, 6) is -5.77. The van der Waals surface area contributed by atoms with Gasteiger partial charge in [0, 0.05) is 37.3 Å². The van der Waals surface area contributed by atoms with Crippen LogP contribution in [0.2, 0.25) is 0 Å². The first-order valence-electron chi connectivity index (χ1n) is 13.5. The molecule has 0 radical (unpaired) electrons. The fraction of sp³-hybridized carbons (Fsp3) is 0.667. The largest absolute Gasteiger partial charge is 0.372 e. The van der Waals surface area contributed by atoms with Crippen molar-refractivity contribution in [1.29, 1.82) is 5.26 Å². The third kappa shape index (κ3) is 5.45. The van der Waals surface area contributed by atoms with E-state index in [4.69, 9.17) is 0 Å². The number of nitrogens with one attached hydrogen (secondary N) is 3. The molecule has 3 saturated heterocycles. The summed E-state index contributed by atoms with van der Waals surface area (Å²) in [4.78, 5) is 45.1. The summed E-state index contributed by atoms with van der Waals surface area (Å²) in [6.07, 6.45) is 6.59. The van der Waals surface area contributed by atoms with Gasteiger partial charge in [0.25, 0.3) is 5.92 Å². The van der Waals surface area contributed by atoms with E-state index in [0.29, 0.717) is 37.4 Å². The van der Waals surface area contributed by atoms with Crippen molar-refractivity contribution >= 4 is 23.4 Å². The number of nitriles is 1. The molecule has 3 aliphatic heterocycles. The second kappa shape index (κ2) is 10.5. The number of fused-ring (bicyclic) bond motifs is 3. The number of piperidine rings is 2. The Morgan fingerprint density at radius 1 is 1.24 bits per heavy atom. The number of hydrogen-bond donors (Lipinski definition) is 3. The maximum atomic E-state index is 15.1. The molecule has 6 atom stereocenters. The van der Waals surface area contributed by atoms with Crippen LogP contribution in [0.3, 0.4) is 0 Å². The van der Waals surface area contributed by atoms with Crippen molar-refractivity contribution in [2.24, 2.45) is 17.8 Å². The molecule has 6 rings (SSSR count). The number of carbonyl (C=O) groups excluding carboxylic acids is 3. The predicted octanol–water partition coefficient (Wildman–Crippen LogP) is 2.52. The Morgan fingerprint density at radius 3 is 2.66 bits per heavy atom. The van der Waals surface area contributed by atoms with E-state index in [0.717, 1.165) is 18.4 Å². The summed E-state index contributed by atoms with van der Waals surface area (Å²) >= 11 is 0. The van der Waals surface area contributed by atoms with Gasteiger partial charge in [0.05, 0.1) is 17.7 Å². The lowest BCUT2D eigenvalue weighted by atomic mass is 9.71. The monoisotopic (exact) mass is 528 g/mol. The van der Waals surface area contributed by atoms with Crippen LogP contribution in [-0.2, 0) is 14.4 Å². The van der Waals surface area contributed by atoms with E-state index in [2.05, 4.69) is 20.9 Å². The van der Waals surface area contributed by atoms with Crippen LogP contribution in [0, 0.1) is 36.0 Å². The first-order chi connectivity index (χ1) is 18.2. The van der Waals surface area contributed by atoms with Crippen molar-refractivity contribution in [3.63, 3.8) is 0 Å². The van der Waals surface area contributed by atoms with Crippen molar-refractivity contribution in [2.75, 3.05) is 11.9 Å². The standard InChI is InChI=1S/C27H34F2N6O3/c1-15-8-19(14-31-13-15)33-22(9-16-2-3-16)26(38)35-20-4-5-21(27(28,29)11-20)23(35)25(37)34-18(12-30)10-17-6-7-32-24(17)36/h8,13-14,16-18,20-23,33H,2-7,9-11H2,1H3,(H,32,36)(H,34,37)/t17-,18+,20-,21-,22-,23-/m1/s1. The SMILES string of the molecule is Cc1cncc(N[C@H](CC2CC2)C(=O)N2[C@@H]3CC[C@H]([C@@H]2C(=O)N[C@H](C#N)C[C@H]2CCNC2=O)C(F)(F)C3)c1. The van der Waals surface area contributed by atoms with Crippen LogP contribution >= 0.6 is 0 Å². The number of amides is 3. The first-order valence-corrected chi connectivity index (χ1v) is 13.5. The van der Waals surface area contributed by atoms with Crippen molar-refractivity contribution in [3.05, 3.63) is 24.0 Å². The third-order valence-electron chi connectivity index (χ3n) is 8.39. The summed E-state index contributed by atoms with van der Waals surface area (Å²) in [5, 5.41) is 18.2. The number of alkyl halides is 2. The number of anilines is 1. The van der Waals surface area contributed by atoms with Gasteiger partial charge in [-0.25, -0.2) is 8.78 Å². The van der Waals surface area contributed by atoms with Crippen LogP contribution in [0.15, 0.2) is 18.5 Å². The predicted molar refractivity (Wildman–Crippen MR) is 134 cm³/mol. The fourth-order valence-corrected chi connectivity index (χ4v) is 6.30. The summed E-state index contributed by atoms with van der Waals surface area (Å²) in [6, 6.07) is 0.0408. The molecule has 2 aliphatic carbocycles. The Morgan fingerprint density at radius 2 is 2.03 bits per heavy atom. The van der Waals surface area contributed by atoms with Gasteiger partial charge < -0.3 is 20.9 Å². The Balaban J connectivity index is 1.38. The highest BCUT2D eigenvalue weighted by atomic mass is 19.3. The van der Waals surface area contributed by atoms with Gasteiger partial charge in [-0.2, -0.15) is 5.26 Å². The van der Waals surface area contributed by atoms with E-state index in [1.807, 2.05) is 19.1 Å². The quantitative estimate of drug-likeness (QED) is 0.452. The average molecular weight is 529 g/mol. The molecule has 9 nitrogen and oxygen atoms in total. The van der Waals surface area contributed by atoms with E-state index in [9.17, 15) is 19.6 Å². The molecule has 0 unspecified atom stereocenters. The second-order valence-corrected chi connectivity index (χ2v) is 11.3. The van der Waals surface area contributed by atoms with Gasteiger partial charge in [-0.3, -0.25) is 19.4 Å². The number of pyridine rings is 1. The molecule has 3 amide bonds. The number of aromatic nitrogens is 1. The maximum Gasteiger partial charge on any atom is 0.255 e. The molecule has 1 aromatic heterocycles. The Kier molecular flexibility index (Phi) is 7.25. The molecule has 1 aromatic rings. The Labute approximate surface area is 220 Å². The smallest absolute Gasteiger partial charge is 0.255 e. The van der Waals surface area contributed by atoms with Crippen molar-refractivity contribution in [1.82, 2.24) is 20.5 Å². The minimum atomic E-state index is -3.09. The van der Waals surface area contributed by atoms with Crippen LogP contribution in [-0.4, -0.2) is 64.2 Å². The molecular formula is C27H34F2N6O3. The van der Waals surface area contributed by atoms with Gasteiger partial charge in [0.15, 0.2) is 0 Å². The number of rotatable bonds is 9. The van der Waals surface area contributed by atoms with Crippen LogP contribution in [0.25, 0.3) is 0 Å². The topological polar surface area (TPSA) is 127 Å². The van der Waals surface area contributed by atoms with Gasteiger partial charge >= 0.3 is 0 Å². The normalized spacial score (nSPS) is 29.2. The maximum absolute atomic E-state index is 15.1. The zero-order chi connectivity index (χ0) is 27.0. The molecule has 2 bridgehead atoms. The molecule has 3 N–H and O–H groups in total. The first kappa shape index (κ1) is 26.3. The molecule has 2 saturated carbocycles. The lowest BCUT2D eigenvalue weighted by Crippen LogP contribution is -2.70. The molecule has 5 fully saturated rings. The zero-order valence-electron chi connectivity index (χ0n) is 21.5. The molecule has 204 valence electrons. The molecule has 0 spiro atoms. The fourth-order valence-electron chi connectivity index (χ4n) is 6.30. The molecular weight excluding hydrogens is 494 g/mol. The van der Waals surface area contributed by atoms with Gasteiger partial charge in [-0.05, 0) is 56.6 Å². The van der Waals surface area contributed by atoms with Gasteiger partial charge in [0.2, 0.25) is 17.7 Å². The third-order valence-corrected chi connectivity index (χ3v) is 8.39. The zero-order valence-corrected chi connectivity index (χ0v) is 21.5. The van der Waals surface area contributed by atoms with E-state index in [1.54, 1.807) is 12.4 Å².